The van der Waals surface area contributed by atoms with Gasteiger partial charge in [-0.1, -0.05) is 12.5 Å². The van der Waals surface area contributed by atoms with E-state index in [9.17, 15) is 22.0 Å². The van der Waals surface area contributed by atoms with E-state index in [1.807, 2.05) is 0 Å². The van der Waals surface area contributed by atoms with Crippen molar-refractivity contribution < 1.29 is 22.0 Å². The van der Waals surface area contributed by atoms with Crippen LogP contribution in [0, 0.1) is 18.6 Å². The van der Waals surface area contributed by atoms with Crippen molar-refractivity contribution in [3.8, 4) is 11.3 Å². The number of sulfone groups is 1. The van der Waals surface area contributed by atoms with Crippen LogP contribution in [0.3, 0.4) is 0 Å². The van der Waals surface area contributed by atoms with Gasteiger partial charge in [-0.25, -0.2) is 17.2 Å². The van der Waals surface area contributed by atoms with Gasteiger partial charge in [0, 0.05) is 31.2 Å². The third-order valence-corrected chi connectivity index (χ3v) is 7.55. The quantitative estimate of drug-likeness (QED) is 0.501. The van der Waals surface area contributed by atoms with Crippen molar-refractivity contribution in [1.29, 1.82) is 0 Å². The van der Waals surface area contributed by atoms with Gasteiger partial charge >= 0.3 is 0 Å². The summed E-state index contributed by atoms with van der Waals surface area (Å²) in [4.78, 5) is 15.6. The van der Waals surface area contributed by atoms with Crippen LogP contribution in [0.4, 0.5) is 14.5 Å². The highest BCUT2D eigenvalue weighted by Crippen LogP contribution is 2.33. The number of anilines is 1. The first-order valence-electron chi connectivity index (χ1n) is 11.6. The molecule has 0 radical (unpaired) electrons. The van der Waals surface area contributed by atoms with Crippen LogP contribution in [0.2, 0.25) is 0 Å². The molecule has 0 aliphatic carbocycles. The van der Waals surface area contributed by atoms with Gasteiger partial charge in [0.05, 0.1) is 21.7 Å². The van der Waals surface area contributed by atoms with Crippen molar-refractivity contribution in [3.63, 3.8) is 0 Å². The number of amides is 1. The number of aromatic nitrogens is 1. The van der Waals surface area contributed by atoms with Gasteiger partial charge in [-0.3, -0.25) is 4.79 Å². The summed E-state index contributed by atoms with van der Waals surface area (Å²) < 4.78 is 54.7. The second-order valence-electron chi connectivity index (χ2n) is 8.96. The Labute approximate surface area is 204 Å². The molecule has 1 aromatic heterocycles. The molecule has 186 valence electrons. The SMILES string of the molecule is Cc1c(C(=O)Nc2ccc(S(C)(=O)=O)cc2)cn(CCN2CCCCC2)c1-c1c(F)cccc1F. The number of nitrogens with zero attached hydrogens (tertiary/aromatic N) is 2. The van der Waals surface area contributed by atoms with Crippen LogP contribution in [-0.4, -0.2) is 49.7 Å². The van der Waals surface area contributed by atoms with E-state index in [1.165, 1.54) is 48.9 Å². The first kappa shape index (κ1) is 25.1. The molecule has 0 bridgehead atoms. The molecular formula is C26H29F2N3O3S. The molecule has 4 rings (SSSR count). The lowest BCUT2D eigenvalue weighted by atomic mass is 10.0. The monoisotopic (exact) mass is 501 g/mol. The summed E-state index contributed by atoms with van der Waals surface area (Å²) in [7, 11) is -3.35. The van der Waals surface area contributed by atoms with E-state index >= 15 is 0 Å². The van der Waals surface area contributed by atoms with Crippen molar-refractivity contribution in [2.24, 2.45) is 0 Å². The van der Waals surface area contributed by atoms with Crippen LogP contribution >= 0.6 is 0 Å². The number of hydrogen-bond donors (Lipinski definition) is 1. The number of halogens is 2. The number of piperidine rings is 1. The van der Waals surface area contributed by atoms with Gasteiger partial charge in [-0.05, 0) is 74.8 Å². The van der Waals surface area contributed by atoms with Crippen LogP contribution < -0.4 is 5.32 Å². The summed E-state index contributed by atoms with van der Waals surface area (Å²) in [6, 6.07) is 9.59. The fourth-order valence-corrected chi connectivity index (χ4v) is 5.17. The number of carbonyl (C=O) groups excluding carboxylic acids is 1. The van der Waals surface area contributed by atoms with E-state index < -0.39 is 27.4 Å². The Kier molecular flexibility index (Phi) is 7.37. The van der Waals surface area contributed by atoms with Crippen molar-refractivity contribution >= 4 is 21.4 Å². The second-order valence-corrected chi connectivity index (χ2v) is 11.0. The van der Waals surface area contributed by atoms with Crippen molar-refractivity contribution in [1.82, 2.24) is 9.47 Å². The molecule has 1 amide bonds. The molecule has 2 heterocycles. The predicted octanol–water partition coefficient (Wildman–Crippen LogP) is 4.88. The zero-order valence-corrected chi connectivity index (χ0v) is 20.7. The van der Waals surface area contributed by atoms with Gasteiger partial charge in [0.25, 0.3) is 5.91 Å². The highest BCUT2D eigenvalue weighted by atomic mass is 32.2. The fraction of sp³-hybridized carbons (Fsp3) is 0.346. The lowest BCUT2D eigenvalue weighted by molar-refractivity contribution is 0.102. The van der Waals surface area contributed by atoms with Crippen molar-refractivity contribution in [2.45, 2.75) is 37.6 Å². The minimum absolute atomic E-state index is 0.146. The second kappa shape index (κ2) is 10.3. The Bertz CT molecular complexity index is 1310. The number of benzene rings is 2. The van der Waals surface area contributed by atoms with Crippen LogP contribution in [0.1, 0.15) is 35.2 Å². The largest absolute Gasteiger partial charge is 0.345 e. The van der Waals surface area contributed by atoms with Gasteiger partial charge in [0.15, 0.2) is 9.84 Å². The van der Waals surface area contributed by atoms with Crippen LogP contribution in [0.25, 0.3) is 11.3 Å². The number of nitrogens with one attached hydrogen (secondary N) is 1. The van der Waals surface area contributed by atoms with E-state index in [4.69, 9.17) is 0 Å². The zero-order chi connectivity index (χ0) is 25.2. The number of carbonyl (C=O) groups is 1. The minimum atomic E-state index is -3.35. The lowest BCUT2D eigenvalue weighted by Gasteiger charge is -2.27. The normalized spacial score (nSPS) is 14.7. The maximum atomic E-state index is 14.8. The standard InChI is InChI=1S/C26H29F2N3O3S/c1-18-21(26(32)29-19-9-11-20(12-10-19)35(2,33)34)17-31(16-15-30-13-4-3-5-14-30)25(18)24-22(27)7-6-8-23(24)28/h6-12,17H,3-5,13-16H2,1-2H3,(H,29,32). The summed E-state index contributed by atoms with van der Waals surface area (Å²) >= 11 is 0. The Morgan fingerprint density at radius 2 is 1.60 bits per heavy atom. The number of hydrogen-bond acceptors (Lipinski definition) is 4. The molecule has 6 nitrogen and oxygen atoms in total. The van der Waals surface area contributed by atoms with E-state index in [2.05, 4.69) is 10.2 Å². The van der Waals surface area contributed by atoms with Crippen LogP contribution in [0.15, 0.2) is 53.6 Å². The predicted molar refractivity (Wildman–Crippen MR) is 132 cm³/mol. The average molecular weight is 502 g/mol. The Balaban J connectivity index is 1.66. The molecule has 1 aliphatic rings. The van der Waals surface area contributed by atoms with E-state index in [0.29, 0.717) is 35.6 Å². The van der Waals surface area contributed by atoms with Crippen LogP contribution in [-0.2, 0) is 16.4 Å². The molecule has 1 fully saturated rings. The molecule has 0 saturated carbocycles. The molecule has 0 spiro atoms. The van der Waals surface area contributed by atoms with E-state index in [1.54, 1.807) is 17.7 Å². The highest BCUT2D eigenvalue weighted by Gasteiger charge is 2.24. The Hall–Kier alpha value is -3.04. The maximum absolute atomic E-state index is 14.8. The van der Waals surface area contributed by atoms with Gasteiger partial charge < -0.3 is 14.8 Å². The minimum Gasteiger partial charge on any atom is -0.345 e. The molecule has 1 saturated heterocycles. The molecule has 1 aliphatic heterocycles. The number of rotatable bonds is 7. The summed E-state index contributed by atoms with van der Waals surface area (Å²) in [5.41, 5.74) is 1.38. The summed E-state index contributed by atoms with van der Waals surface area (Å²) in [5, 5.41) is 2.76. The lowest BCUT2D eigenvalue weighted by Crippen LogP contribution is -2.32. The summed E-state index contributed by atoms with van der Waals surface area (Å²) in [6.45, 7) is 4.85. The maximum Gasteiger partial charge on any atom is 0.257 e. The molecule has 2 aromatic carbocycles. The molecular weight excluding hydrogens is 472 g/mol. The van der Waals surface area contributed by atoms with Crippen LogP contribution in [0.5, 0.6) is 0 Å². The van der Waals surface area contributed by atoms with Gasteiger partial charge in [-0.2, -0.15) is 0 Å². The Morgan fingerprint density at radius 1 is 0.971 bits per heavy atom. The summed E-state index contributed by atoms with van der Waals surface area (Å²) in [6.07, 6.45) is 6.22. The zero-order valence-electron chi connectivity index (χ0n) is 19.9. The molecule has 1 N–H and O–H groups in total. The highest BCUT2D eigenvalue weighted by molar-refractivity contribution is 7.90. The van der Waals surface area contributed by atoms with E-state index in [-0.39, 0.29) is 10.5 Å². The number of likely N-dealkylation sites (tertiary alicyclic amines) is 1. The van der Waals surface area contributed by atoms with Gasteiger partial charge in [0.1, 0.15) is 11.6 Å². The third-order valence-electron chi connectivity index (χ3n) is 6.42. The Morgan fingerprint density at radius 3 is 2.20 bits per heavy atom. The molecule has 9 heteroatoms. The van der Waals surface area contributed by atoms with Gasteiger partial charge in [-0.15, -0.1) is 0 Å². The van der Waals surface area contributed by atoms with Crippen molar-refractivity contribution in [3.05, 3.63) is 71.4 Å². The molecule has 3 aromatic rings. The fourth-order valence-electron chi connectivity index (χ4n) is 4.54. The van der Waals surface area contributed by atoms with E-state index in [0.717, 1.165) is 32.2 Å². The summed E-state index contributed by atoms with van der Waals surface area (Å²) in [5.74, 6) is -1.81. The average Bonchev–Trinajstić information content (AvgIpc) is 3.14. The van der Waals surface area contributed by atoms with Crippen molar-refractivity contribution in [2.75, 3.05) is 31.2 Å². The van der Waals surface area contributed by atoms with Gasteiger partial charge in [0.2, 0.25) is 0 Å². The molecule has 0 atom stereocenters. The first-order chi connectivity index (χ1) is 16.6. The topological polar surface area (TPSA) is 71.4 Å². The first-order valence-corrected chi connectivity index (χ1v) is 13.5. The molecule has 35 heavy (non-hydrogen) atoms. The molecule has 0 unspecified atom stereocenters. The third kappa shape index (κ3) is 5.62. The smallest absolute Gasteiger partial charge is 0.257 e.